The number of hydrogen-bond donors (Lipinski definition) is 3. The molecule has 29 heavy (non-hydrogen) atoms. The first-order valence-electron chi connectivity index (χ1n) is 9.75. The van der Waals surface area contributed by atoms with Gasteiger partial charge in [0.05, 0.1) is 13.7 Å². The first kappa shape index (κ1) is 28.5. The van der Waals surface area contributed by atoms with Gasteiger partial charge in [-0.15, -0.1) is 0 Å². The second kappa shape index (κ2) is 23.3. The lowest BCUT2D eigenvalue weighted by Gasteiger charge is -2.00. The van der Waals surface area contributed by atoms with Gasteiger partial charge < -0.3 is 21.1 Å². The second-order valence-corrected chi connectivity index (χ2v) is 5.86. The van der Waals surface area contributed by atoms with E-state index in [9.17, 15) is 4.79 Å². The van der Waals surface area contributed by atoms with Gasteiger partial charge in [-0.2, -0.15) is 0 Å². The van der Waals surface area contributed by atoms with Crippen LogP contribution in [-0.2, 0) is 20.7 Å². The molecule has 0 atom stereocenters. The smallest absolute Gasteiger partial charge is 0.292 e. The lowest BCUT2D eigenvalue weighted by atomic mass is 10.1. The van der Waals surface area contributed by atoms with Crippen LogP contribution in [0.25, 0.3) is 0 Å². The Balaban J connectivity index is 0. The Morgan fingerprint density at radius 3 is 1.72 bits per heavy atom. The predicted molar refractivity (Wildman–Crippen MR) is 121 cm³/mol. The Labute approximate surface area is 175 Å². The molecule has 2 aromatic rings. The molecule has 6 nitrogen and oxygen atoms in total. The van der Waals surface area contributed by atoms with Gasteiger partial charge in [-0.25, -0.2) is 0 Å². The zero-order valence-corrected chi connectivity index (χ0v) is 18.2. The predicted octanol–water partition coefficient (Wildman–Crippen LogP) is 2.76. The molecule has 0 aliphatic carbocycles. The van der Waals surface area contributed by atoms with Crippen LogP contribution < -0.4 is 16.4 Å². The largest absolute Gasteiger partial charge is 0.471 e. The third-order valence-electron chi connectivity index (χ3n) is 2.99. The van der Waals surface area contributed by atoms with Crippen molar-refractivity contribution in [1.82, 2.24) is 10.6 Å². The SMILES string of the molecule is CCC.CNCC(=O)NCCN.COC=O.c1ccc(Cc2ccccc2)cc1. The number of ether oxygens (including phenoxy) is 1. The zero-order chi connectivity index (χ0) is 22.2. The fourth-order valence-corrected chi connectivity index (χ4v) is 1.86. The van der Waals surface area contributed by atoms with Gasteiger partial charge in [0, 0.05) is 13.1 Å². The standard InChI is InChI=1S/C13H12.C5H13N3O.C3H8.C2H4O2/c1-3-7-12(8-4-1)11-13-9-5-2-6-10-13;1-7-4-5(9)8-3-2-6;1-3-2;1-4-2-3/h1-10H,11H2;7H,2-4,6H2,1H3,(H,8,9);3H2,1-2H3;2H,1H3. The number of hydrogen-bond acceptors (Lipinski definition) is 5. The van der Waals surface area contributed by atoms with Crippen molar-refractivity contribution in [3.05, 3.63) is 71.8 Å². The van der Waals surface area contributed by atoms with E-state index in [1.807, 2.05) is 0 Å². The number of likely N-dealkylation sites (N-methyl/N-ethyl adjacent to an activating group) is 1. The molecular weight excluding hydrogens is 366 g/mol. The van der Waals surface area contributed by atoms with Gasteiger partial charge in [-0.05, 0) is 24.6 Å². The number of methoxy groups -OCH3 is 1. The summed E-state index contributed by atoms with van der Waals surface area (Å²) in [7, 11) is 3.04. The van der Waals surface area contributed by atoms with E-state index in [1.165, 1.54) is 24.7 Å². The number of carbonyl (C=O) groups is 2. The number of benzene rings is 2. The minimum atomic E-state index is -0.0112. The van der Waals surface area contributed by atoms with Gasteiger partial charge in [-0.1, -0.05) is 80.9 Å². The molecule has 1 amide bonds. The molecule has 6 heteroatoms. The number of rotatable bonds is 7. The van der Waals surface area contributed by atoms with E-state index >= 15 is 0 Å². The Morgan fingerprint density at radius 2 is 1.41 bits per heavy atom. The van der Waals surface area contributed by atoms with Gasteiger partial charge in [0.15, 0.2) is 0 Å². The summed E-state index contributed by atoms with van der Waals surface area (Å²) < 4.78 is 3.86. The third kappa shape index (κ3) is 21.5. The van der Waals surface area contributed by atoms with Gasteiger partial charge in [-0.3, -0.25) is 9.59 Å². The molecule has 4 N–H and O–H groups in total. The molecule has 2 aromatic carbocycles. The van der Waals surface area contributed by atoms with Crippen LogP contribution in [0.1, 0.15) is 31.4 Å². The normalized spacial score (nSPS) is 8.59. The lowest BCUT2D eigenvalue weighted by molar-refractivity contribution is -0.126. The van der Waals surface area contributed by atoms with Gasteiger partial charge in [0.25, 0.3) is 6.47 Å². The van der Waals surface area contributed by atoms with Crippen LogP contribution in [0.2, 0.25) is 0 Å². The first-order valence-corrected chi connectivity index (χ1v) is 9.75. The Morgan fingerprint density at radius 1 is 1.00 bits per heavy atom. The number of nitrogens with one attached hydrogen (secondary N) is 2. The fraction of sp³-hybridized carbons (Fsp3) is 0.391. The number of nitrogens with two attached hydrogens (primary N) is 1. The van der Waals surface area contributed by atoms with E-state index in [0.29, 0.717) is 26.1 Å². The topological polar surface area (TPSA) is 93.5 Å². The molecule has 0 radical (unpaired) electrons. The van der Waals surface area contributed by atoms with Crippen LogP contribution in [0.4, 0.5) is 0 Å². The highest BCUT2D eigenvalue weighted by Crippen LogP contribution is 2.07. The van der Waals surface area contributed by atoms with Crippen molar-refractivity contribution in [2.75, 3.05) is 33.8 Å². The molecule has 0 saturated heterocycles. The van der Waals surface area contributed by atoms with E-state index in [4.69, 9.17) is 10.5 Å². The Kier molecular flexibility index (Phi) is 22.9. The summed E-state index contributed by atoms with van der Waals surface area (Å²) in [5, 5.41) is 5.33. The summed E-state index contributed by atoms with van der Waals surface area (Å²) in [5.74, 6) is -0.0112. The molecule has 0 heterocycles. The van der Waals surface area contributed by atoms with Crippen LogP contribution in [0, 0.1) is 0 Å². The van der Waals surface area contributed by atoms with Gasteiger partial charge >= 0.3 is 0 Å². The number of carbonyl (C=O) groups excluding carboxylic acids is 2. The molecule has 0 fully saturated rings. The monoisotopic (exact) mass is 403 g/mol. The van der Waals surface area contributed by atoms with Crippen molar-refractivity contribution in [2.24, 2.45) is 5.73 Å². The summed E-state index contributed by atoms with van der Waals surface area (Å²) in [6, 6.07) is 21.1. The summed E-state index contributed by atoms with van der Waals surface area (Å²) in [4.78, 5) is 19.5. The van der Waals surface area contributed by atoms with Crippen molar-refractivity contribution in [2.45, 2.75) is 26.7 Å². The van der Waals surface area contributed by atoms with Gasteiger partial charge in [0.2, 0.25) is 5.91 Å². The van der Waals surface area contributed by atoms with Crippen LogP contribution in [0.5, 0.6) is 0 Å². The average molecular weight is 404 g/mol. The van der Waals surface area contributed by atoms with E-state index in [-0.39, 0.29) is 5.91 Å². The van der Waals surface area contributed by atoms with Crippen molar-refractivity contribution in [1.29, 1.82) is 0 Å². The van der Waals surface area contributed by atoms with E-state index in [0.717, 1.165) is 6.42 Å². The van der Waals surface area contributed by atoms with Crippen molar-refractivity contribution >= 4 is 12.4 Å². The van der Waals surface area contributed by atoms with Gasteiger partial charge in [0.1, 0.15) is 0 Å². The van der Waals surface area contributed by atoms with E-state index in [2.05, 4.69) is 89.9 Å². The lowest BCUT2D eigenvalue weighted by Crippen LogP contribution is -2.35. The molecule has 0 aliphatic heterocycles. The maximum Gasteiger partial charge on any atom is 0.292 e. The zero-order valence-electron chi connectivity index (χ0n) is 18.2. The Bertz CT molecular complexity index is 555. The van der Waals surface area contributed by atoms with Crippen LogP contribution >= 0.6 is 0 Å². The van der Waals surface area contributed by atoms with Crippen molar-refractivity contribution in [3.63, 3.8) is 0 Å². The molecule has 0 aliphatic rings. The minimum Gasteiger partial charge on any atom is -0.471 e. The highest BCUT2D eigenvalue weighted by molar-refractivity contribution is 5.77. The maximum absolute atomic E-state index is 10.6. The van der Waals surface area contributed by atoms with Crippen LogP contribution in [0.15, 0.2) is 60.7 Å². The summed E-state index contributed by atoms with van der Waals surface area (Å²) in [6.45, 7) is 6.04. The highest BCUT2D eigenvalue weighted by atomic mass is 16.5. The number of amides is 1. The molecular formula is C23H37N3O3. The highest BCUT2D eigenvalue weighted by Gasteiger charge is 1.94. The van der Waals surface area contributed by atoms with E-state index < -0.39 is 0 Å². The second-order valence-electron chi connectivity index (χ2n) is 5.86. The van der Waals surface area contributed by atoms with E-state index in [1.54, 1.807) is 7.05 Å². The molecule has 0 unspecified atom stereocenters. The third-order valence-corrected chi connectivity index (χ3v) is 2.99. The average Bonchev–Trinajstić information content (AvgIpc) is 2.75. The quantitative estimate of drug-likeness (QED) is 0.618. The molecule has 162 valence electrons. The van der Waals surface area contributed by atoms with Crippen LogP contribution in [0.3, 0.4) is 0 Å². The fourth-order valence-electron chi connectivity index (χ4n) is 1.86. The molecule has 2 rings (SSSR count). The summed E-state index contributed by atoms with van der Waals surface area (Å²) >= 11 is 0. The molecule has 0 spiro atoms. The molecule has 0 saturated carbocycles. The van der Waals surface area contributed by atoms with Crippen molar-refractivity contribution in [3.8, 4) is 0 Å². The van der Waals surface area contributed by atoms with Crippen LogP contribution in [-0.4, -0.2) is 46.2 Å². The molecule has 0 bridgehead atoms. The molecule has 0 aromatic heterocycles. The minimum absolute atomic E-state index is 0.0112. The first-order chi connectivity index (χ1) is 14.1. The van der Waals surface area contributed by atoms with Crippen molar-refractivity contribution < 1.29 is 14.3 Å². The summed E-state index contributed by atoms with van der Waals surface area (Å²) in [5.41, 5.74) is 7.88. The maximum atomic E-state index is 10.6. The summed E-state index contributed by atoms with van der Waals surface area (Å²) in [6.07, 6.45) is 2.28. The Hall–Kier alpha value is -2.70.